The highest BCUT2D eigenvalue weighted by Crippen LogP contribution is 2.32. The van der Waals surface area contributed by atoms with E-state index in [1.807, 2.05) is 42.5 Å². The molecule has 1 unspecified atom stereocenters. The summed E-state index contributed by atoms with van der Waals surface area (Å²) in [6.45, 7) is 1.59. The molecule has 1 heterocycles. The first-order valence-corrected chi connectivity index (χ1v) is 7.29. The molecule has 1 atom stereocenters. The van der Waals surface area contributed by atoms with Crippen molar-refractivity contribution < 1.29 is 9.90 Å². The number of carboxylic acid groups (broad SMARTS) is 1. The van der Waals surface area contributed by atoms with Crippen LogP contribution >= 0.6 is 11.6 Å². The number of halogens is 1. The maximum Gasteiger partial charge on any atom is 0.325 e. The molecule has 0 spiro atoms. The molecule has 22 heavy (non-hydrogen) atoms. The van der Waals surface area contributed by atoms with Crippen molar-refractivity contribution in [2.75, 3.05) is 5.32 Å². The topological polar surface area (TPSA) is 65.1 Å². The number of carboxylic acids is 1. The lowest BCUT2D eigenvalue weighted by atomic mass is 10.1. The van der Waals surface area contributed by atoms with Gasteiger partial charge in [-0.15, -0.1) is 0 Å². The standard InChI is InChI=1S/C17H15ClN2O2/c1-10(17(21)22)19-15-9-13(18)7-12-8-14(20-16(12)15)11-5-3-2-4-6-11/h2-10,19-20H,1H3,(H,21,22). The van der Waals surface area contributed by atoms with Crippen molar-refractivity contribution in [2.24, 2.45) is 0 Å². The molecule has 3 rings (SSSR count). The fourth-order valence-corrected chi connectivity index (χ4v) is 2.62. The van der Waals surface area contributed by atoms with Gasteiger partial charge in [-0.3, -0.25) is 4.79 Å². The SMILES string of the molecule is CC(Nc1cc(Cl)cc2cc(-c3ccccc3)[nH]c12)C(=O)O. The smallest absolute Gasteiger partial charge is 0.325 e. The number of nitrogens with one attached hydrogen (secondary N) is 2. The van der Waals surface area contributed by atoms with Crippen LogP contribution in [0.4, 0.5) is 5.69 Å². The van der Waals surface area contributed by atoms with Gasteiger partial charge in [-0.05, 0) is 30.7 Å². The van der Waals surface area contributed by atoms with Gasteiger partial charge in [-0.1, -0.05) is 41.9 Å². The largest absolute Gasteiger partial charge is 0.480 e. The summed E-state index contributed by atoms with van der Waals surface area (Å²) >= 11 is 6.14. The maximum absolute atomic E-state index is 11.0. The quantitative estimate of drug-likeness (QED) is 0.670. The van der Waals surface area contributed by atoms with Crippen LogP contribution in [0.1, 0.15) is 6.92 Å². The first-order valence-electron chi connectivity index (χ1n) is 6.91. The number of aromatic nitrogens is 1. The predicted molar refractivity (Wildman–Crippen MR) is 89.5 cm³/mol. The Morgan fingerprint density at radius 1 is 1.23 bits per heavy atom. The Morgan fingerprint density at radius 3 is 2.64 bits per heavy atom. The number of aromatic amines is 1. The van der Waals surface area contributed by atoms with E-state index >= 15 is 0 Å². The molecule has 0 aliphatic carbocycles. The molecule has 0 bridgehead atoms. The summed E-state index contributed by atoms with van der Waals surface area (Å²) < 4.78 is 0. The molecule has 3 N–H and O–H groups in total. The number of carbonyl (C=O) groups is 1. The monoisotopic (exact) mass is 314 g/mol. The summed E-state index contributed by atoms with van der Waals surface area (Å²) in [5, 5.41) is 13.5. The maximum atomic E-state index is 11.0. The third kappa shape index (κ3) is 2.78. The van der Waals surface area contributed by atoms with E-state index in [1.54, 1.807) is 13.0 Å². The molecule has 0 radical (unpaired) electrons. The molecule has 3 aromatic rings. The summed E-state index contributed by atoms with van der Waals surface area (Å²) in [6, 6.07) is 14.8. The van der Waals surface area contributed by atoms with E-state index in [0.29, 0.717) is 10.7 Å². The minimum atomic E-state index is -0.914. The van der Waals surface area contributed by atoms with E-state index < -0.39 is 12.0 Å². The first kappa shape index (κ1) is 14.5. The minimum absolute atomic E-state index is 0.561. The molecule has 2 aromatic carbocycles. The number of rotatable bonds is 4. The van der Waals surface area contributed by atoms with Gasteiger partial charge in [-0.2, -0.15) is 0 Å². The van der Waals surface area contributed by atoms with Crippen molar-refractivity contribution in [1.29, 1.82) is 0 Å². The molecule has 0 aliphatic heterocycles. The second kappa shape index (κ2) is 5.73. The van der Waals surface area contributed by atoms with Gasteiger partial charge in [0, 0.05) is 16.1 Å². The van der Waals surface area contributed by atoms with Crippen LogP contribution in [0.3, 0.4) is 0 Å². The number of hydrogen-bond acceptors (Lipinski definition) is 2. The molecule has 0 saturated carbocycles. The molecule has 0 fully saturated rings. The molecule has 0 saturated heterocycles. The fourth-order valence-electron chi connectivity index (χ4n) is 2.39. The fraction of sp³-hybridized carbons (Fsp3) is 0.118. The third-order valence-corrected chi connectivity index (χ3v) is 3.74. The highest BCUT2D eigenvalue weighted by Gasteiger charge is 2.14. The Bertz CT molecular complexity index is 827. The highest BCUT2D eigenvalue weighted by atomic mass is 35.5. The van der Waals surface area contributed by atoms with E-state index in [0.717, 1.165) is 22.2 Å². The van der Waals surface area contributed by atoms with Gasteiger partial charge < -0.3 is 15.4 Å². The Labute approximate surface area is 132 Å². The van der Waals surface area contributed by atoms with Crippen LogP contribution in [-0.4, -0.2) is 22.1 Å². The predicted octanol–water partition coefficient (Wildman–Crippen LogP) is 4.37. The van der Waals surface area contributed by atoms with Crippen LogP contribution in [0.5, 0.6) is 0 Å². The van der Waals surface area contributed by atoms with Gasteiger partial charge in [0.1, 0.15) is 6.04 Å². The van der Waals surface area contributed by atoms with Crippen molar-refractivity contribution in [1.82, 2.24) is 4.98 Å². The van der Waals surface area contributed by atoms with Crippen molar-refractivity contribution >= 4 is 34.2 Å². The molecule has 112 valence electrons. The minimum Gasteiger partial charge on any atom is -0.480 e. The van der Waals surface area contributed by atoms with E-state index in [2.05, 4.69) is 10.3 Å². The van der Waals surface area contributed by atoms with Crippen molar-refractivity contribution in [2.45, 2.75) is 13.0 Å². The lowest BCUT2D eigenvalue weighted by Gasteiger charge is -2.12. The summed E-state index contributed by atoms with van der Waals surface area (Å²) in [6.07, 6.45) is 0. The zero-order chi connectivity index (χ0) is 15.7. The Kier molecular flexibility index (Phi) is 3.77. The Hall–Kier alpha value is -2.46. The molecule has 5 heteroatoms. The van der Waals surface area contributed by atoms with Crippen LogP contribution in [-0.2, 0) is 4.79 Å². The molecular weight excluding hydrogens is 300 g/mol. The average Bonchev–Trinajstić information content (AvgIpc) is 2.92. The normalized spacial score (nSPS) is 12.3. The number of H-pyrrole nitrogens is 1. The van der Waals surface area contributed by atoms with Gasteiger partial charge >= 0.3 is 5.97 Å². The van der Waals surface area contributed by atoms with Crippen molar-refractivity contribution in [3.63, 3.8) is 0 Å². The number of hydrogen-bond donors (Lipinski definition) is 3. The zero-order valence-corrected chi connectivity index (χ0v) is 12.7. The first-order chi connectivity index (χ1) is 10.5. The van der Waals surface area contributed by atoms with Crippen LogP contribution in [0.15, 0.2) is 48.5 Å². The second-order valence-corrected chi connectivity index (χ2v) is 5.61. The van der Waals surface area contributed by atoms with Crippen LogP contribution in [0, 0.1) is 0 Å². The summed E-state index contributed by atoms with van der Waals surface area (Å²) in [5.41, 5.74) is 3.55. The lowest BCUT2D eigenvalue weighted by molar-refractivity contribution is -0.137. The van der Waals surface area contributed by atoms with Gasteiger partial charge in [0.15, 0.2) is 0 Å². The second-order valence-electron chi connectivity index (χ2n) is 5.17. The molecule has 4 nitrogen and oxygen atoms in total. The van der Waals surface area contributed by atoms with E-state index in [-0.39, 0.29) is 0 Å². The van der Waals surface area contributed by atoms with Gasteiger partial charge in [0.05, 0.1) is 11.2 Å². The molecule has 0 amide bonds. The van der Waals surface area contributed by atoms with E-state index in [4.69, 9.17) is 16.7 Å². The highest BCUT2D eigenvalue weighted by molar-refractivity contribution is 6.32. The number of benzene rings is 2. The number of anilines is 1. The van der Waals surface area contributed by atoms with Gasteiger partial charge in [0.2, 0.25) is 0 Å². The summed E-state index contributed by atoms with van der Waals surface area (Å²) in [4.78, 5) is 14.4. The van der Waals surface area contributed by atoms with Gasteiger partial charge in [-0.25, -0.2) is 0 Å². The number of fused-ring (bicyclic) bond motifs is 1. The molecular formula is C17H15ClN2O2. The Morgan fingerprint density at radius 2 is 1.95 bits per heavy atom. The summed E-state index contributed by atoms with van der Waals surface area (Å²) in [7, 11) is 0. The lowest BCUT2D eigenvalue weighted by Crippen LogP contribution is -2.25. The van der Waals surface area contributed by atoms with Crippen LogP contribution < -0.4 is 5.32 Å². The van der Waals surface area contributed by atoms with Crippen molar-refractivity contribution in [3.8, 4) is 11.3 Å². The van der Waals surface area contributed by atoms with Crippen molar-refractivity contribution in [3.05, 3.63) is 53.6 Å². The van der Waals surface area contributed by atoms with Gasteiger partial charge in [0.25, 0.3) is 0 Å². The molecule has 0 aliphatic rings. The molecule has 1 aromatic heterocycles. The third-order valence-electron chi connectivity index (χ3n) is 3.52. The number of aliphatic carboxylic acids is 1. The van der Waals surface area contributed by atoms with E-state index in [1.165, 1.54) is 0 Å². The average molecular weight is 315 g/mol. The van der Waals surface area contributed by atoms with E-state index in [9.17, 15) is 4.79 Å². The summed E-state index contributed by atoms with van der Waals surface area (Å²) in [5.74, 6) is -0.914. The van der Waals surface area contributed by atoms with Crippen LogP contribution in [0.25, 0.3) is 22.2 Å². The Balaban J connectivity index is 2.09. The zero-order valence-electron chi connectivity index (χ0n) is 11.9. The van der Waals surface area contributed by atoms with Crippen LogP contribution in [0.2, 0.25) is 5.02 Å².